The Bertz CT molecular complexity index is 931. The molecule has 4 nitrogen and oxygen atoms in total. The highest BCUT2D eigenvalue weighted by Crippen LogP contribution is 2.22. The quantitative estimate of drug-likeness (QED) is 0.507. The molecule has 1 atom stereocenters. The number of hydrogen-bond donors (Lipinski definition) is 1. The summed E-state index contributed by atoms with van der Waals surface area (Å²) in [6.45, 7) is 6.43. The van der Waals surface area contributed by atoms with E-state index in [-0.39, 0.29) is 5.54 Å². The summed E-state index contributed by atoms with van der Waals surface area (Å²) < 4.78 is 5.49. The predicted molar refractivity (Wildman–Crippen MR) is 109 cm³/mol. The number of carbonyl (C=O) groups is 1. The second-order valence-corrected chi connectivity index (χ2v) is 7.88. The molecule has 3 rings (SSSR count). The number of hydrogen-bond acceptors (Lipinski definition) is 4. The van der Waals surface area contributed by atoms with E-state index in [1.807, 2.05) is 48.5 Å². The zero-order chi connectivity index (χ0) is 19.4. The highest BCUT2D eigenvalue weighted by molar-refractivity contribution is 5.94. The predicted octanol–water partition coefficient (Wildman–Crippen LogP) is 4.76. The maximum Gasteiger partial charge on any atom is 0.345 e. The number of ether oxygens (including phenoxy) is 1. The fourth-order valence-corrected chi connectivity index (χ4v) is 3.50. The van der Waals surface area contributed by atoms with Crippen molar-refractivity contribution in [2.75, 3.05) is 0 Å². The summed E-state index contributed by atoms with van der Waals surface area (Å²) in [6.07, 6.45) is 3.29. The van der Waals surface area contributed by atoms with Crippen LogP contribution in [0.25, 0.3) is 10.9 Å². The van der Waals surface area contributed by atoms with Crippen LogP contribution in [0.5, 0.6) is 5.75 Å². The summed E-state index contributed by atoms with van der Waals surface area (Å²) in [5.74, 6) is 0.653. The summed E-state index contributed by atoms with van der Waals surface area (Å²) in [6, 6.07) is 17.0. The molecule has 0 bridgehead atoms. The standard InChI is InChI=1S/C23H26N2O2/c1-16(2)13-23(3,24)14-17-8-10-20(11-9-17)27-22(26)19-12-18-6-4-5-7-21(18)25-15-19/h4-12,15-16H,13-14,24H2,1-3H3. The summed E-state index contributed by atoms with van der Waals surface area (Å²) >= 11 is 0. The molecule has 1 aromatic heterocycles. The first-order valence-corrected chi connectivity index (χ1v) is 9.27. The Morgan fingerprint density at radius 3 is 2.56 bits per heavy atom. The van der Waals surface area contributed by atoms with Gasteiger partial charge in [-0.2, -0.15) is 0 Å². The van der Waals surface area contributed by atoms with Crippen molar-refractivity contribution >= 4 is 16.9 Å². The van der Waals surface area contributed by atoms with Gasteiger partial charge in [0.15, 0.2) is 0 Å². The van der Waals surface area contributed by atoms with E-state index in [0.29, 0.717) is 17.2 Å². The Morgan fingerprint density at radius 1 is 1.15 bits per heavy atom. The summed E-state index contributed by atoms with van der Waals surface area (Å²) in [5, 5.41) is 0.912. The van der Waals surface area contributed by atoms with E-state index in [0.717, 1.165) is 29.3 Å². The van der Waals surface area contributed by atoms with Crippen molar-refractivity contribution in [2.24, 2.45) is 11.7 Å². The van der Waals surface area contributed by atoms with Crippen molar-refractivity contribution in [1.82, 2.24) is 4.98 Å². The average Bonchev–Trinajstić information content (AvgIpc) is 2.61. The third kappa shape index (κ3) is 5.14. The molecule has 0 spiro atoms. The highest BCUT2D eigenvalue weighted by Gasteiger charge is 2.20. The van der Waals surface area contributed by atoms with Gasteiger partial charge in [0.05, 0.1) is 11.1 Å². The number of para-hydroxylation sites is 1. The number of esters is 1. The third-order valence-corrected chi connectivity index (χ3v) is 4.44. The number of aromatic nitrogens is 1. The molecule has 0 aliphatic rings. The van der Waals surface area contributed by atoms with Gasteiger partial charge in [0, 0.05) is 17.1 Å². The molecular weight excluding hydrogens is 336 g/mol. The van der Waals surface area contributed by atoms with Crippen LogP contribution in [0.2, 0.25) is 0 Å². The largest absolute Gasteiger partial charge is 0.423 e. The smallest absolute Gasteiger partial charge is 0.345 e. The maximum atomic E-state index is 12.4. The molecule has 2 N–H and O–H groups in total. The molecular formula is C23H26N2O2. The van der Waals surface area contributed by atoms with Gasteiger partial charge in [-0.25, -0.2) is 4.79 Å². The van der Waals surface area contributed by atoms with Gasteiger partial charge >= 0.3 is 5.97 Å². The molecule has 2 aromatic carbocycles. The number of pyridine rings is 1. The van der Waals surface area contributed by atoms with Gasteiger partial charge in [0.25, 0.3) is 0 Å². The van der Waals surface area contributed by atoms with E-state index in [2.05, 4.69) is 25.8 Å². The molecule has 0 saturated carbocycles. The number of fused-ring (bicyclic) bond motifs is 1. The lowest BCUT2D eigenvalue weighted by Gasteiger charge is -2.26. The van der Waals surface area contributed by atoms with Crippen LogP contribution in [0.15, 0.2) is 60.8 Å². The Balaban J connectivity index is 1.67. The Hall–Kier alpha value is -2.72. The molecule has 1 unspecified atom stereocenters. The van der Waals surface area contributed by atoms with Gasteiger partial charge in [-0.05, 0) is 55.5 Å². The Labute approximate surface area is 160 Å². The number of nitrogens with zero attached hydrogens (tertiary/aromatic N) is 1. The van der Waals surface area contributed by atoms with Crippen LogP contribution < -0.4 is 10.5 Å². The summed E-state index contributed by atoms with van der Waals surface area (Å²) in [4.78, 5) is 16.7. The topological polar surface area (TPSA) is 65.2 Å². The van der Waals surface area contributed by atoms with Crippen molar-refractivity contribution in [3.8, 4) is 5.75 Å². The van der Waals surface area contributed by atoms with Gasteiger partial charge < -0.3 is 10.5 Å². The van der Waals surface area contributed by atoms with E-state index < -0.39 is 5.97 Å². The lowest BCUT2D eigenvalue weighted by Crippen LogP contribution is -2.39. The van der Waals surface area contributed by atoms with E-state index >= 15 is 0 Å². The zero-order valence-corrected chi connectivity index (χ0v) is 16.1. The van der Waals surface area contributed by atoms with Gasteiger partial charge in [-0.3, -0.25) is 4.98 Å². The van der Waals surface area contributed by atoms with E-state index in [1.54, 1.807) is 12.3 Å². The van der Waals surface area contributed by atoms with Crippen molar-refractivity contribution in [3.05, 3.63) is 71.9 Å². The van der Waals surface area contributed by atoms with Crippen molar-refractivity contribution in [1.29, 1.82) is 0 Å². The molecule has 3 aromatic rings. The number of nitrogens with two attached hydrogens (primary N) is 1. The van der Waals surface area contributed by atoms with Crippen LogP contribution in [-0.2, 0) is 6.42 Å². The second kappa shape index (κ2) is 7.89. The van der Waals surface area contributed by atoms with E-state index in [4.69, 9.17) is 10.5 Å². The minimum Gasteiger partial charge on any atom is -0.423 e. The van der Waals surface area contributed by atoms with Crippen LogP contribution in [0.3, 0.4) is 0 Å². The van der Waals surface area contributed by atoms with E-state index in [1.165, 1.54) is 0 Å². The molecule has 0 aliphatic heterocycles. The summed E-state index contributed by atoms with van der Waals surface area (Å²) in [7, 11) is 0. The van der Waals surface area contributed by atoms with Crippen LogP contribution in [-0.4, -0.2) is 16.5 Å². The highest BCUT2D eigenvalue weighted by atomic mass is 16.5. The molecule has 0 amide bonds. The number of carbonyl (C=O) groups excluding carboxylic acids is 1. The van der Waals surface area contributed by atoms with Gasteiger partial charge in [0.2, 0.25) is 0 Å². The average molecular weight is 362 g/mol. The molecule has 4 heteroatoms. The molecule has 1 heterocycles. The number of rotatable bonds is 6. The SMILES string of the molecule is CC(C)CC(C)(N)Cc1ccc(OC(=O)c2cnc3ccccc3c2)cc1. The number of benzene rings is 2. The third-order valence-electron chi connectivity index (χ3n) is 4.44. The molecule has 0 saturated heterocycles. The van der Waals surface area contributed by atoms with Gasteiger partial charge in [0.1, 0.15) is 5.75 Å². The second-order valence-electron chi connectivity index (χ2n) is 7.88. The van der Waals surface area contributed by atoms with Crippen LogP contribution in [0.1, 0.15) is 43.1 Å². The first-order chi connectivity index (χ1) is 12.8. The molecule has 0 fully saturated rings. The lowest BCUT2D eigenvalue weighted by atomic mass is 9.86. The van der Waals surface area contributed by atoms with Gasteiger partial charge in [-0.1, -0.05) is 44.2 Å². The minimum atomic E-state index is -0.413. The van der Waals surface area contributed by atoms with Gasteiger partial charge in [-0.15, -0.1) is 0 Å². The zero-order valence-electron chi connectivity index (χ0n) is 16.1. The van der Waals surface area contributed by atoms with Crippen LogP contribution in [0, 0.1) is 5.92 Å². The first-order valence-electron chi connectivity index (χ1n) is 9.27. The molecule has 0 radical (unpaired) electrons. The van der Waals surface area contributed by atoms with Crippen LogP contribution >= 0.6 is 0 Å². The first kappa shape index (κ1) is 19.1. The fraction of sp³-hybridized carbons (Fsp3) is 0.304. The summed E-state index contributed by atoms with van der Waals surface area (Å²) in [5.41, 5.74) is 8.57. The van der Waals surface area contributed by atoms with Crippen molar-refractivity contribution in [2.45, 2.75) is 39.2 Å². The van der Waals surface area contributed by atoms with E-state index in [9.17, 15) is 4.79 Å². The molecule has 27 heavy (non-hydrogen) atoms. The lowest BCUT2D eigenvalue weighted by molar-refractivity contribution is 0.0734. The monoisotopic (exact) mass is 362 g/mol. The maximum absolute atomic E-state index is 12.4. The Morgan fingerprint density at radius 2 is 1.85 bits per heavy atom. The van der Waals surface area contributed by atoms with Crippen molar-refractivity contribution < 1.29 is 9.53 Å². The molecule has 140 valence electrons. The Kier molecular flexibility index (Phi) is 5.57. The fourth-order valence-electron chi connectivity index (χ4n) is 3.50. The minimum absolute atomic E-state index is 0.247. The van der Waals surface area contributed by atoms with Crippen LogP contribution in [0.4, 0.5) is 0 Å². The molecule has 0 aliphatic carbocycles. The normalized spacial score (nSPS) is 13.5. The van der Waals surface area contributed by atoms with Crippen molar-refractivity contribution in [3.63, 3.8) is 0 Å².